The quantitative estimate of drug-likeness (QED) is 0.716. The Balaban J connectivity index is 2.18. The summed E-state index contributed by atoms with van der Waals surface area (Å²) < 4.78 is 0. The molecule has 2 heterocycles. The summed E-state index contributed by atoms with van der Waals surface area (Å²) in [5, 5.41) is 0. The Morgan fingerprint density at radius 1 is 1.43 bits per heavy atom. The highest BCUT2D eigenvalue weighted by molar-refractivity contribution is 5.05. The standard InChI is InChI=1S/C11H17N3/c1-9(2)14-7-3-4-11(14)10-8-12-5-6-13-10/h5-6,8-9,11H,3-4,7H2,1-2H3/t11-/m0/s1. The molecule has 1 aromatic heterocycles. The molecule has 1 aromatic rings. The molecule has 3 heteroatoms. The topological polar surface area (TPSA) is 29.0 Å². The lowest BCUT2D eigenvalue weighted by Gasteiger charge is -2.27. The zero-order chi connectivity index (χ0) is 9.97. The van der Waals surface area contributed by atoms with Crippen molar-refractivity contribution in [2.24, 2.45) is 0 Å². The summed E-state index contributed by atoms with van der Waals surface area (Å²) in [5.74, 6) is 0. The van der Waals surface area contributed by atoms with Crippen LogP contribution in [0.15, 0.2) is 18.6 Å². The third kappa shape index (κ3) is 1.77. The van der Waals surface area contributed by atoms with Gasteiger partial charge in [-0.2, -0.15) is 0 Å². The second-order valence-corrected chi connectivity index (χ2v) is 4.12. The predicted octanol–water partition coefficient (Wildman–Crippen LogP) is 2.02. The highest BCUT2D eigenvalue weighted by Gasteiger charge is 2.28. The van der Waals surface area contributed by atoms with Crippen LogP contribution in [0.1, 0.15) is 38.4 Å². The minimum Gasteiger partial charge on any atom is -0.292 e. The summed E-state index contributed by atoms with van der Waals surface area (Å²) >= 11 is 0. The van der Waals surface area contributed by atoms with Crippen molar-refractivity contribution in [1.82, 2.24) is 14.9 Å². The van der Waals surface area contributed by atoms with E-state index in [1.165, 1.54) is 19.4 Å². The van der Waals surface area contributed by atoms with Crippen molar-refractivity contribution in [3.63, 3.8) is 0 Å². The zero-order valence-corrected chi connectivity index (χ0v) is 8.85. The highest BCUT2D eigenvalue weighted by Crippen LogP contribution is 2.31. The van der Waals surface area contributed by atoms with Gasteiger partial charge in [-0.1, -0.05) is 0 Å². The minimum absolute atomic E-state index is 0.490. The van der Waals surface area contributed by atoms with Gasteiger partial charge in [0, 0.05) is 24.6 Å². The molecule has 0 amide bonds. The maximum atomic E-state index is 4.39. The zero-order valence-electron chi connectivity index (χ0n) is 8.85. The molecule has 0 bridgehead atoms. The van der Waals surface area contributed by atoms with E-state index in [0.717, 1.165) is 5.69 Å². The third-order valence-corrected chi connectivity index (χ3v) is 2.88. The number of hydrogen-bond acceptors (Lipinski definition) is 3. The number of rotatable bonds is 2. The van der Waals surface area contributed by atoms with Crippen molar-refractivity contribution in [2.75, 3.05) is 6.54 Å². The van der Waals surface area contributed by atoms with Crippen molar-refractivity contribution in [1.29, 1.82) is 0 Å². The molecule has 2 rings (SSSR count). The third-order valence-electron chi connectivity index (χ3n) is 2.88. The monoisotopic (exact) mass is 191 g/mol. The summed E-state index contributed by atoms with van der Waals surface area (Å²) in [5.41, 5.74) is 1.12. The van der Waals surface area contributed by atoms with E-state index in [9.17, 15) is 0 Å². The maximum absolute atomic E-state index is 4.39. The van der Waals surface area contributed by atoms with E-state index in [0.29, 0.717) is 12.1 Å². The average molecular weight is 191 g/mol. The summed E-state index contributed by atoms with van der Waals surface area (Å²) in [6.45, 7) is 5.68. The molecule has 0 saturated carbocycles. The smallest absolute Gasteiger partial charge is 0.0758 e. The van der Waals surface area contributed by atoms with Gasteiger partial charge in [0.2, 0.25) is 0 Å². The number of aromatic nitrogens is 2. The van der Waals surface area contributed by atoms with Crippen LogP contribution in [0.2, 0.25) is 0 Å². The summed E-state index contributed by atoms with van der Waals surface area (Å²) in [4.78, 5) is 11.0. The van der Waals surface area contributed by atoms with Crippen LogP contribution < -0.4 is 0 Å². The molecular formula is C11H17N3. The van der Waals surface area contributed by atoms with Crippen LogP contribution in [0, 0.1) is 0 Å². The number of hydrogen-bond donors (Lipinski definition) is 0. The fourth-order valence-corrected chi connectivity index (χ4v) is 2.21. The Hall–Kier alpha value is -0.960. The van der Waals surface area contributed by atoms with Crippen molar-refractivity contribution >= 4 is 0 Å². The number of likely N-dealkylation sites (tertiary alicyclic amines) is 1. The van der Waals surface area contributed by atoms with E-state index in [-0.39, 0.29) is 0 Å². The van der Waals surface area contributed by atoms with Crippen molar-refractivity contribution in [3.05, 3.63) is 24.3 Å². The van der Waals surface area contributed by atoms with Crippen LogP contribution in [-0.4, -0.2) is 27.5 Å². The van der Waals surface area contributed by atoms with Gasteiger partial charge in [-0.3, -0.25) is 14.9 Å². The van der Waals surface area contributed by atoms with Crippen LogP contribution in [0.5, 0.6) is 0 Å². The van der Waals surface area contributed by atoms with E-state index in [2.05, 4.69) is 28.7 Å². The summed E-state index contributed by atoms with van der Waals surface area (Å²) in [6, 6.07) is 1.09. The van der Waals surface area contributed by atoms with Gasteiger partial charge in [-0.15, -0.1) is 0 Å². The molecule has 1 atom stereocenters. The van der Waals surface area contributed by atoms with Crippen molar-refractivity contribution in [2.45, 2.75) is 38.8 Å². The Morgan fingerprint density at radius 2 is 2.29 bits per heavy atom. The van der Waals surface area contributed by atoms with E-state index < -0.39 is 0 Å². The van der Waals surface area contributed by atoms with Crippen LogP contribution >= 0.6 is 0 Å². The van der Waals surface area contributed by atoms with Gasteiger partial charge >= 0.3 is 0 Å². The molecule has 0 N–H and O–H groups in total. The molecule has 1 fully saturated rings. The van der Waals surface area contributed by atoms with E-state index in [1.54, 1.807) is 12.4 Å². The molecule has 0 unspecified atom stereocenters. The molecule has 0 radical (unpaired) electrons. The molecule has 0 aromatic carbocycles. The fraction of sp³-hybridized carbons (Fsp3) is 0.636. The molecule has 1 aliphatic heterocycles. The molecule has 0 spiro atoms. The molecule has 1 saturated heterocycles. The maximum Gasteiger partial charge on any atom is 0.0758 e. The minimum atomic E-state index is 0.490. The second-order valence-electron chi connectivity index (χ2n) is 4.12. The van der Waals surface area contributed by atoms with Crippen molar-refractivity contribution in [3.8, 4) is 0 Å². The lowest BCUT2D eigenvalue weighted by Crippen LogP contribution is -2.30. The Morgan fingerprint density at radius 3 is 2.93 bits per heavy atom. The van der Waals surface area contributed by atoms with Crippen LogP contribution in [0.3, 0.4) is 0 Å². The lowest BCUT2D eigenvalue weighted by molar-refractivity contribution is 0.202. The molecule has 14 heavy (non-hydrogen) atoms. The first kappa shape index (κ1) is 9.59. The molecular weight excluding hydrogens is 174 g/mol. The molecule has 3 nitrogen and oxygen atoms in total. The van der Waals surface area contributed by atoms with Crippen molar-refractivity contribution < 1.29 is 0 Å². The normalized spacial score (nSPS) is 23.2. The highest BCUT2D eigenvalue weighted by atomic mass is 15.2. The first-order valence-corrected chi connectivity index (χ1v) is 5.30. The second kappa shape index (κ2) is 4.05. The fourth-order valence-electron chi connectivity index (χ4n) is 2.21. The first-order chi connectivity index (χ1) is 6.79. The first-order valence-electron chi connectivity index (χ1n) is 5.30. The summed E-state index contributed by atoms with van der Waals surface area (Å²) in [6.07, 6.45) is 7.91. The molecule has 0 aliphatic carbocycles. The van der Waals surface area contributed by atoms with Gasteiger partial charge in [0.1, 0.15) is 0 Å². The van der Waals surface area contributed by atoms with Crippen LogP contribution in [0.4, 0.5) is 0 Å². The number of nitrogens with zero attached hydrogens (tertiary/aromatic N) is 3. The van der Waals surface area contributed by atoms with Gasteiger partial charge < -0.3 is 0 Å². The summed E-state index contributed by atoms with van der Waals surface area (Å²) in [7, 11) is 0. The molecule has 76 valence electrons. The predicted molar refractivity (Wildman–Crippen MR) is 55.8 cm³/mol. The van der Waals surface area contributed by atoms with Gasteiger partial charge in [-0.25, -0.2) is 0 Å². The average Bonchev–Trinajstić information content (AvgIpc) is 2.67. The molecule has 1 aliphatic rings. The van der Waals surface area contributed by atoms with E-state index >= 15 is 0 Å². The van der Waals surface area contributed by atoms with Gasteiger partial charge in [0.05, 0.1) is 11.7 Å². The lowest BCUT2D eigenvalue weighted by atomic mass is 10.1. The largest absolute Gasteiger partial charge is 0.292 e. The van der Waals surface area contributed by atoms with Gasteiger partial charge in [0.15, 0.2) is 0 Å². The Bertz CT molecular complexity index is 284. The van der Waals surface area contributed by atoms with E-state index in [1.807, 2.05) is 6.20 Å². The van der Waals surface area contributed by atoms with Crippen LogP contribution in [0.25, 0.3) is 0 Å². The van der Waals surface area contributed by atoms with Crippen LogP contribution in [-0.2, 0) is 0 Å². The SMILES string of the molecule is CC(C)N1CCC[C@H]1c1cnccn1. The van der Waals surface area contributed by atoms with Gasteiger partial charge in [0.25, 0.3) is 0 Å². The Labute approximate surface area is 85.2 Å². The van der Waals surface area contributed by atoms with E-state index in [4.69, 9.17) is 0 Å². The van der Waals surface area contributed by atoms with Gasteiger partial charge in [-0.05, 0) is 33.2 Å². The Kier molecular flexibility index (Phi) is 2.77.